The van der Waals surface area contributed by atoms with Gasteiger partial charge in [0.1, 0.15) is 0 Å². The molecule has 0 rings (SSSR count). The Kier molecular flexibility index (Phi) is 6.58. The van der Waals surface area contributed by atoms with Crippen molar-refractivity contribution in [2.24, 2.45) is 0 Å². The van der Waals surface area contributed by atoms with Gasteiger partial charge in [0, 0.05) is 25.5 Å². The third-order valence-electron chi connectivity index (χ3n) is 0.905. The van der Waals surface area contributed by atoms with Crippen LogP contribution in [0, 0.1) is 0 Å². The van der Waals surface area contributed by atoms with Gasteiger partial charge >= 0.3 is 0 Å². The van der Waals surface area contributed by atoms with E-state index in [2.05, 4.69) is 0 Å². The third kappa shape index (κ3) is 11.1. The van der Waals surface area contributed by atoms with Crippen LogP contribution in [0.4, 0.5) is 0 Å². The molecule has 0 aliphatic rings. The van der Waals surface area contributed by atoms with Crippen LogP contribution in [-0.2, 0) is 0 Å². The van der Waals surface area contributed by atoms with Crippen molar-refractivity contribution < 1.29 is 0 Å². The minimum Gasteiger partial charge on any atom is -0.225 e. The van der Waals surface area contributed by atoms with Gasteiger partial charge in [-0.05, 0) is 76.6 Å². The second-order valence-electron chi connectivity index (χ2n) is 3.01. The van der Waals surface area contributed by atoms with E-state index in [1.165, 1.54) is 0 Å². The molecule has 0 atom stereocenters. The van der Waals surface area contributed by atoms with Gasteiger partial charge in [-0.25, -0.2) is 10.0 Å². The van der Waals surface area contributed by atoms with Crippen molar-refractivity contribution in [3.63, 3.8) is 0 Å². The van der Waals surface area contributed by atoms with Gasteiger partial charge in [0.05, 0.1) is 0 Å². The van der Waals surface area contributed by atoms with Gasteiger partial charge in [0.15, 0.2) is 0 Å². The maximum Gasteiger partial charge on any atom is 0.0470 e. The lowest BCUT2D eigenvalue weighted by Crippen LogP contribution is -2.05. The molecule has 0 saturated carbocycles. The van der Waals surface area contributed by atoms with Crippen molar-refractivity contribution in [3.8, 4) is 0 Å². The highest BCUT2D eigenvalue weighted by molar-refractivity contribution is 8.85. The zero-order valence-electron chi connectivity index (χ0n) is 6.91. The first-order valence-electron chi connectivity index (χ1n) is 2.90. The molecule has 86 valence electrons. The summed E-state index contributed by atoms with van der Waals surface area (Å²) in [5.74, 6) is 0. The third-order valence-corrected chi connectivity index (χ3v) is 13.0. The van der Waals surface area contributed by atoms with Crippen LogP contribution < -0.4 is 0 Å². The quantitative estimate of drug-likeness (QED) is 0.532. The van der Waals surface area contributed by atoms with Crippen LogP contribution in [0.2, 0.25) is 0 Å². The van der Waals surface area contributed by atoms with Crippen LogP contribution in [0.3, 0.4) is 0 Å². The van der Waals surface area contributed by atoms with Crippen LogP contribution >= 0.6 is 89.5 Å². The summed E-state index contributed by atoms with van der Waals surface area (Å²) in [5.41, 5.74) is 0. The van der Waals surface area contributed by atoms with Gasteiger partial charge in [-0.15, -0.1) is 0 Å². The molecule has 0 N–H and O–H groups in total. The lowest BCUT2D eigenvalue weighted by molar-refractivity contribution is 1.93. The molecular formula is C4H10Cl6S3. The Morgan fingerprint density at radius 1 is 0.692 bits per heavy atom. The lowest BCUT2D eigenvalue weighted by Gasteiger charge is -2.38. The van der Waals surface area contributed by atoms with Crippen LogP contribution in [0.25, 0.3) is 0 Å². The van der Waals surface area contributed by atoms with E-state index >= 15 is 0 Å². The Labute approximate surface area is 111 Å². The van der Waals surface area contributed by atoms with Gasteiger partial charge < -0.3 is 0 Å². The summed E-state index contributed by atoms with van der Waals surface area (Å²) in [6, 6.07) is 0. The summed E-state index contributed by atoms with van der Waals surface area (Å²) >= 11 is 0. The van der Waals surface area contributed by atoms with Gasteiger partial charge in [-0.1, -0.05) is 0 Å². The SMILES string of the molecule is CS(C)(CS(Cl)(Cl)Cl)CS(Cl)(Cl)Cl. The Hall–Kier alpha value is 2.79. The number of rotatable bonds is 4. The minimum atomic E-state index is -2.06. The summed E-state index contributed by atoms with van der Waals surface area (Å²) < 4.78 is 0. The summed E-state index contributed by atoms with van der Waals surface area (Å²) in [7, 11) is 29.3. The predicted molar refractivity (Wildman–Crippen MR) is 79.5 cm³/mol. The molecule has 0 nitrogen and oxygen atoms in total. The minimum absolute atomic E-state index is 0.533. The monoisotopic (exact) mass is 364 g/mol. The number of hydrogen-bond donors (Lipinski definition) is 0. The van der Waals surface area contributed by atoms with Gasteiger partial charge in [0.2, 0.25) is 0 Å². The summed E-state index contributed by atoms with van der Waals surface area (Å²) in [6.45, 7) is 0. The zero-order chi connectivity index (χ0) is 10.9. The van der Waals surface area contributed by atoms with Crippen molar-refractivity contribution in [1.82, 2.24) is 0 Å². The van der Waals surface area contributed by atoms with Crippen molar-refractivity contribution in [2.75, 3.05) is 22.7 Å². The Morgan fingerprint density at radius 3 is 1.08 bits per heavy atom. The highest BCUT2D eigenvalue weighted by Crippen LogP contribution is 2.76. The second-order valence-corrected chi connectivity index (χ2v) is 22.8. The van der Waals surface area contributed by atoms with E-state index in [9.17, 15) is 0 Å². The molecule has 13 heavy (non-hydrogen) atoms. The van der Waals surface area contributed by atoms with Gasteiger partial charge in [-0.2, -0.15) is 0 Å². The van der Waals surface area contributed by atoms with Gasteiger partial charge in [0.25, 0.3) is 0 Å². The molecule has 0 aliphatic heterocycles. The molecule has 0 spiro atoms. The van der Waals surface area contributed by atoms with Crippen molar-refractivity contribution in [3.05, 3.63) is 0 Å². The van der Waals surface area contributed by atoms with E-state index in [-0.39, 0.29) is 0 Å². The second kappa shape index (κ2) is 5.42. The molecule has 0 radical (unpaired) electrons. The van der Waals surface area contributed by atoms with E-state index in [1.807, 2.05) is 12.5 Å². The average molecular weight is 367 g/mol. The van der Waals surface area contributed by atoms with Crippen LogP contribution in [0.5, 0.6) is 0 Å². The topological polar surface area (TPSA) is 0 Å². The van der Waals surface area contributed by atoms with Crippen molar-refractivity contribution >= 4 is 89.5 Å². The molecular weight excluding hydrogens is 357 g/mol. The van der Waals surface area contributed by atoms with E-state index in [4.69, 9.17) is 64.1 Å². The Morgan fingerprint density at radius 2 is 0.923 bits per heavy atom. The van der Waals surface area contributed by atoms with Crippen molar-refractivity contribution in [2.45, 2.75) is 0 Å². The molecule has 0 saturated heterocycles. The molecule has 0 unspecified atom stereocenters. The highest BCUT2D eigenvalue weighted by atomic mass is 36.2. The van der Waals surface area contributed by atoms with Crippen molar-refractivity contribution in [1.29, 1.82) is 0 Å². The summed E-state index contributed by atoms with van der Waals surface area (Å²) in [5, 5.41) is 1.07. The van der Waals surface area contributed by atoms with E-state index in [0.717, 1.165) is 0 Å². The van der Waals surface area contributed by atoms with E-state index in [1.54, 1.807) is 0 Å². The first-order valence-corrected chi connectivity index (χ1v) is 14.2. The highest BCUT2D eigenvalue weighted by Gasteiger charge is 2.29. The average Bonchev–Trinajstić information content (AvgIpc) is 1.43. The molecule has 0 fully saturated rings. The molecule has 0 heterocycles. The van der Waals surface area contributed by atoms with Crippen LogP contribution in [0.1, 0.15) is 0 Å². The van der Waals surface area contributed by atoms with E-state index < -0.39 is 25.4 Å². The smallest absolute Gasteiger partial charge is 0.0470 e. The fourth-order valence-corrected chi connectivity index (χ4v) is 20.5. The standard InChI is InChI=1S/C4H10Cl6S3/c1-11(2,3-12(5,6)7)4-13(8,9)10/h3-4H2,1-2H3. The maximum absolute atomic E-state index is 5.76. The molecule has 0 aliphatic carbocycles. The molecule has 0 amide bonds. The predicted octanol–water partition coefficient (Wildman–Crippen LogP) is 6.50. The molecule has 0 aromatic rings. The first kappa shape index (κ1) is 15.8. The van der Waals surface area contributed by atoms with Crippen LogP contribution in [-0.4, -0.2) is 22.7 Å². The Balaban J connectivity index is 4.25. The normalized spacial score (nSPS) is 18.5. The number of hydrogen-bond acceptors (Lipinski definition) is 0. The summed E-state index contributed by atoms with van der Waals surface area (Å²) in [4.78, 5) is 0. The lowest BCUT2D eigenvalue weighted by atomic mass is 11.8. The molecule has 0 aromatic carbocycles. The molecule has 9 heteroatoms. The fourth-order valence-electron chi connectivity index (χ4n) is 0.758. The molecule has 0 bridgehead atoms. The number of halogens is 6. The van der Waals surface area contributed by atoms with Gasteiger partial charge in [-0.3, -0.25) is 0 Å². The van der Waals surface area contributed by atoms with E-state index in [0.29, 0.717) is 10.2 Å². The Bertz CT molecular complexity index is 152. The zero-order valence-corrected chi connectivity index (χ0v) is 13.9. The largest absolute Gasteiger partial charge is 0.225 e. The fraction of sp³-hybridized carbons (Fsp3) is 1.00. The maximum atomic E-state index is 5.76. The van der Waals surface area contributed by atoms with Crippen LogP contribution in [0.15, 0.2) is 0 Å². The first-order chi connectivity index (χ1) is 5.41. The summed E-state index contributed by atoms with van der Waals surface area (Å²) in [6.07, 6.45) is 4.02. The molecule has 0 aromatic heterocycles.